The zero-order chi connectivity index (χ0) is 13.5. The van der Waals surface area contributed by atoms with Crippen LogP contribution >= 0.6 is 0 Å². The van der Waals surface area contributed by atoms with E-state index in [1.54, 1.807) is 7.11 Å². The van der Waals surface area contributed by atoms with E-state index in [4.69, 9.17) is 9.84 Å². The van der Waals surface area contributed by atoms with E-state index in [2.05, 4.69) is 32.2 Å². The van der Waals surface area contributed by atoms with Crippen LogP contribution in [0, 0.1) is 5.92 Å². The van der Waals surface area contributed by atoms with Crippen molar-refractivity contribution in [3.8, 4) is 5.75 Å². The number of aliphatic hydroxyl groups is 1. The van der Waals surface area contributed by atoms with Gasteiger partial charge in [0.2, 0.25) is 0 Å². The molecule has 0 spiro atoms. The molecule has 2 N–H and O–H groups in total. The first-order valence-electron chi connectivity index (χ1n) is 6.59. The first-order chi connectivity index (χ1) is 8.58. The summed E-state index contributed by atoms with van der Waals surface area (Å²) in [6, 6.07) is 8.67. The Hall–Kier alpha value is -1.06. The molecule has 18 heavy (non-hydrogen) atoms. The van der Waals surface area contributed by atoms with Gasteiger partial charge in [0.05, 0.1) is 7.11 Å². The van der Waals surface area contributed by atoms with Gasteiger partial charge >= 0.3 is 0 Å². The molecule has 3 heteroatoms. The number of methoxy groups -OCH3 is 1. The average molecular weight is 251 g/mol. The van der Waals surface area contributed by atoms with Gasteiger partial charge in [-0.3, -0.25) is 0 Å². The molecule has 1 aromatic rings. The number of nitrogens with one attached hydrogen (secondary N) is 1. The predicted octanol–water partition coefficient (Wildman–Crippen LogP) is 2.75. The number of hydrogen-bond acceptors (Lipinski definition) is 3. The van der Waals surface area contributed by atoms with Gasteiger partial charge in [-0.15, -0.1) is 0 Å². The van der Waals surface area contributed by atoms with E-state index in [0.717, 1.165) is 12.2 Å². The third-order valence-corrected chi connectivity index (χ3v) is 3.30. The molecule has 1 aromatic carbocycles. The van der Waals surface area contributed by atoms with Crippen molar-refractivity contribution in [1.82, 2.24) is 5.32 Å². The second kappa shape index (κ2) is 7.39. The highest BCUT2D eigenvalue weighted by molar-refractivity contribution is 5.30. The lowest BCUT2D eigenvalue weighted by atomic mass is 9.98. The fraction of sp³-hybridized carbons (Fsp3) is 0.600. The van der Waals surface area contributed by atoms with E-state index >= 15 is 0 Å². The molecule has 0 bridgehead atoms. The van der Waals surface area contributed by atoms with Gasteiger partial charge in [-0.25, -0.2) is 0 Å². The minimum atomic E-state index is 0.223. The summed E-state index contributed by atoms with van der Waals surface area (Å²) in [6.07, 6.45) is 0.784. The second-order valence-electron chi connectivity index (χ2n) is 5.03. The molecule has 0 aromatic heterocycles. The zero-order valence-electron chi connectivity index (χ0n) is 11.8. The van der Waals surface area contributed by atoms with Crippen LogP contribution in [0.25, 0.3) is 0 Å². The van der Waals surface area contributed by atoms with Gasteiger partial charge in [0, 0.05) is 18.7 Å². The van der Waals surface area contributed by atoms with Crippen LogP contribution in [0.3, 0.4) is 0 Å². The Kier molecular flexibility index (Phi) is 6.16. The number of rotatable bonds is 7. The van der Waals surface area contributed by atoms with Crippen molar-refractivity contribution in [2.24, 2.45) is 5.92 Å². The van der Waals surface area contributed by atoms with E-state index < -0.39 is 0 Å². The van der Waals surface area contributed by atoms with Crippen molar-refractivity contribution in [3.05, 3.63) is 29.8 Å². The lowest BCUT2D eigenvalue weighted by Gasteiger charge is -2.26. The maximum atomic E-state index is 9.09. The van der Waals surface area contributed by atoms with E-state index in [1.807, 2.05) is 18.2 Å². The Balaban J connectivity index is 2.70. The van der Waals surface area contributed by atoms with E-state index in [1.165, 1.54) is 5.56 Å². The van der Waals surface area contributed by atoms with Crippen molar-refractivity contribution in [2.45, 2.75) is 39.3 Å². The van der Waals surface area contributed by atoms with Crippen LogP contribution in [-0.2, 0) is 0 Å². The van der Waals surface area contributed by atoms with Crippen molar-refractivity contribution in [1.29, 1.82) is 0 Å². The molecule has 0 amide bonds. The van der Waals surface area contributed by atoms with Crippen LogP contribution in [0.2, 0.25) is 0 Å². The summed E-state index contributed by atoms with van der Waals surface area (Å²) < 4.78 is 5.24. The SMILES string of the molecule is COc1cccc(C(C)NC(CCO)C(C)C)c1. The maximum absolute atomic E-state index is 9.09. The normalized spacial score (nSPS) is 14.6. The molecule has 102 valence electrons. The Morgan fingerprint density at radius 2 is 2.00 bits per heavy atom. The topological polar surface area (TPSA) is 41.5 Å². The third-order valence-electron chi connectivity index (χ3n) is 3.30. The van der Waals surface area contributed by atoms with Crippen LogP contribution in [0.5, 0.6) is 5.75 Å². The van der Waals surface area contributed by atoms with Crippen LogP contribution in [-0.4, -0.2) is 24.9 Å². The molecule has 0 aliphatic carbocycles. The van der Waals surface area contributed by atoms with Crippen LogP contribution in [0.4, 0.5) is 0 Å². The van der Waals surface area contributed by atoms with Gasteiger partial charge in [-0.05, 0) is 37.0 Å². The van der Waals surface area contributed by atoms with Crippen LogP contribution in [0.1, 0.15) is 38.8 Å². The standard InChI is InChI=1S/C15H25NO2/c1-11(2)15(8-9-17)16-12(3)13-6-5-7-14(10-13)18-4/h5-7,10-12,15-17H,8-9H2,1-4H3. The van der Waals surface area contributed by atoms with E-state index in [9.17, 15) is 0 Å². The predicted molar refractivity (Wildman–Crippen MR) is 74.9 cm³/mol. The molecule has 3 nitrogen and oxygen atoms in total. The number of benzene rings is 1. The zero-order valence-corrected chi connectivity index (χ0v) is 11.8. The average Bonchev–Trinajstić information content (AvgIpc) is 2.38. The molecule has 1 rings (SSSR count). The highest BCUT2D eigenvalue weighted by Gasteiger charge is 2.16. The lowest BCUT2D eigenvalue weighted by Crippen LogP contribution is -2.36. The molecule has 0 aliphatic heterocycles. The van der Waals surface area contributed by atoms with Crippen LogP contribution in [0.15, 0.2) is 24.3 Å². The minimum absolute atomic E-state index is 0.223. The van der Waals surface area contributed by atoms with E-state index in [-0.39, 0.29) is 12.6 Å². The van der Waals surface area contributed by atoms with Gasteiger partial charge in [-0.1, -0.05) is 26.0 Å². The largest absolute Gasteiger partial charge is 0.497 e. The molecule has 0 saturated carbocycles. The van der Waals surface area contributed by atoms with Crippen LogP contribution < -0.4 is 10.1 Å². The molecule has 2 atom stereocenters. The Bertz CT molecular complexity index is 352. The summed E-state index contributed by atoms with van der Waals surface area (Å²) in [5.74, 6) is 1.38. The minimum Gasteiger partial charge on any atom is -0.497 e. The molecule has 0 aliphatic rings. The molecule has 0 heterocycles. The molecule has 0 fully saturated rings. The molecule has 2 unspecified atom stereocenters. The summed E-state index contributed by atoms with van der Waals surface area (Å²) in [5, 5.41) is 12.7. The maximum Gasteiger partial charge on any atom is 0.119 e. The number of ether oxygens (including phenoxy) is 1. The fourth-order valence-corrected chi connectivity index (χ4v) is 2.08. The third kappa shape index (κ3) is 4.31. The van der Waals surface area contributed by atoms with Gasteiger partial charge in [0.15, 0.2) is 0 Å². The first-order valence-corrected chi connectivity index (χ1v) is 6.59. The molecule has 0 radical (unpaired) electrons. The first kappa shape index (κ1) is 15.0. The van der Waals surface area contributed by atoms with Gasteiger partial charge < -0.3 is 15.2 Å². The molecular formula is C15H25NO2. The van der Waals surface area contributed by atoms with E-state index in [0.29, 0.717) is 12.0 Å². The summed E-state index contributed by atoms with van der Waals surface area (Å²) in [4.78, 5) is 0. The van der Waals surface area contributed by atoms with Gasteiger partial charge in [-0.2, -0.15) is 0 Å². The monoisotopic (exact) mass is 251 g/mol. The number of aliphatic hydroxyl groups excluding tert-OH is 1. The summed E-state index contributed by atoms with van der Waals surface area (Å²) in [7, 11) is 1.68. The fourth-order valence-electron chi connectivity index (χ4n) is 2.08. The summed E-state index contributed by atoms with van der Waals surface area (Å²) >= 11 is 0. The van der Waals surface area contributed by atoms with Crippen molar-refractivity contribution < 1.29 is 9.84 Å². The Morgan fingerprint density at radius 3 is 2.56 bits per heavy atom. The Morgan fingerprint density at radius 1 is 1.28 bits per heavy atom. The van der Waals surface area contributed by atoms with Gasteiger partial charge in [0.25, 0.3) is 0 Å². The summed E-state index contributed by atoms with van der Waals surface area (Å²) in [5.41, 5.74) is 1.21. The quantitative estimate of drug-likeness (QED) is 0.783. The van der Waals surface area contributed by atoms with Crippen molar-refractivity contribution >= 4 is 0 Å². The highest BCUT2D eigenvalue weighted by Crippen LogP contribution is 2.20. The number of hydrogen-bond donors (Lipinski definition) is 2. The van der Waals surface area contributed by atoms with Gasteiger partial charge in [0.1, 0.15) is 5.75 Å². The Labute approximate surface area is 110 Å². The smallest absolute Gasteiger partial charge is 0.119 e. The lowest BCUT2D eigenvalue weighted by molar-refractivity contribution is 0.237. The van der Waals surface area contributed by atoms with Crippen molar-refractivity contribution in [2.75, 3.05) is 13.7 Å². The summed E-state index contributed by atoms with van der Waals surface area (Å²) in [6.45, 7) is 6.71. The highest BCUT2D eigenvalue weighted by atomic mass is 16.5. The second-order valence-corrected chi connectivity index (χ2v) is 5.03. The molecular weight excluding hydrogens is 226 g/mol. The molecule has 0 saturated heterocycles. The van der Waals surface area contributed by atoms with Crippen molar-refractivity contribution in [3.63, 3.8) is 0 Å².